The number of hydrogen-bond donors (Lipinski definition) is 1. The Morgan fingerprint density at radius 1 is 1.40 bits per heavy atom. The van der Waals surface area contributed by atoms with Crippen molar-refractivity contribution in [2.45, 2.75) is 26.8 Å². The molecule has 2 heteroatoms. The van der Waals surface area contributed by atoms with Crippen LogP contribution in [0.3, 0.4) is 0 Å². The molecule has 1 aromatic rings. The van der Waals surface area contributed by atoms with E-state index in [1.54, 1.807) is 0 Å². The van der Waals surface area contributed by atoms with E-state index in [0.29, 0.717) is 6.04 Å². The molecule has 1 unspecified atom stereocenters. The third kappa shape index (κ3) is 3.31. The number of rotatable bonds is 3. The molecule has 0 amide bonds. The zero-order valence-electron chi connectivity index (χ0n) is 9.76. The summed E-state index contributed by atoms with van der Waals surface area (Å²) in [5.74, 6) is 0. The van der Waals surface area contributed by atoms with Crippen LogP contribution >= 0.6 is 22.6 Å². The lowest BCUT2D eigenvalue weighted by Crippen LogP contribution is -2.15. The summed E-state index contributed by atoms with van der Waals surface area (Å²) in [4.78, 5) is 0. The Balaban J connectivity index is 3.13. The molecule has 0 heterocycles. The minimum Gasteiger partial charge on any atom is -0.310 e. The fourth-order valence-electron chi connectivity index (χ4n) is 1.57. The van der Waals surface area contributed by atoms with E-state index in [9.17, 15) is 0 Å². The van der Waals surface area contributed by atoms with Crippen molar-refractivity contribution in [3.05, 3.63) is 44.5 Å². The highest BCUT2D eigenvalue weighted by Crippen LogP contribution is 2.24. The van der Waals surface area contributed by atoms with Gasteiger partial charge in [-0.15, -0.1) is 0 Å². The number of benzene rings is 1. The lowest BCUT2D eigenvalue weighted by atomic mass is 10.0. The monoisotopic (exact) mass is 315 g/mol. The van der Waals surface area contributed by atoms with Gasteiger partial charge in [-0.2, -0.15) is 0 Å². The zero-order chi connectivity index (χ0) is 11.4. The predicted molar refractivity (Wildman–Crippen MR) is 75.1 cm³/mol. The molecule has 0 radical (unpaired) electrons. The average molecular weight is 315 g/mol. The van der Waals surface area contributed by atoms with E-state index >= 15 is 0 Å². The van der Waals surface area contributed by atoms with Gasteiger partial charge in [-0.05, 0) is 61.5 Å². The molecule has 1 atom stereocenters. The topological polar surface area (TPSA) is 12.0 Å². The van der Waals surface area contributed by atoms with Gasteiger partial charge in [-0.3, -0.25) is 0 Å². The summed E-state index contributed by atoms with van der Waals surface area (Å²) >= 11 is 2.42. The van der Waals surface area contributed by atoms with Crippen molar-refractivity contribution >= 4 is 22.6 Å². The molecule has 1 aromatic carbocycles. The molecule has 0 aliphatic rings. The summed E-state index contributed by atoms with van der Waals surface area (Å²) in [5, 5.41) is 3.34. The van der Waals surface area contributed by atoms with Gasteiger partial charge in [0, 0.05) is 3.57 Å². The van der Waals surface area contributed by atoms with Crippen LogP contribution in [-0.4, -0.2) is 7.05 Å². The highest BCUT2D eigenvalue weighted by atomic mass is 127. The van der Waals surface area contributed by atoms with E-state index in [-0.39, 0.29) is 0 Å². The molecular weight excluding hydrogens is 297 g/mol. The number of likely N-dealkylation sites (N-methyl/N-ethyl adjacent to an activating group) is 1. The Bertz CT molecular complexity index is 365. The van der Waals surface area contributed by atoms with Crippen molar-refractivity contribution in [1.29, 1.82) is 0 Å². The normalized spacial score (nSPS) is 12.3. The molecule has 0 aromatic heterocycles. The molecule has 0 saturated heterocycles. The molecule has 1 rings (SSSR count). The van der Waals surface area contributed by atoms with Crippen molar-refractivity contribution in [2.24, 2.45) is 0 Å². The van der Waals surface area contributed by atoms with Gasteiger partial charge in [-0.1, -0.05) is 29.8 Å². The molecule has 15 heavy (non-hydrogen) atoms. The van der Waals surface area contributed by atoms with E-state index in [1.165, 1.54) is 20.3 Å². The summed E-state index contributed by atoms with van der Waals surface area (Å²) in [5.41, 5.74) is 4.04. The first-order valence-electron chi connectivity index (χ1n) is 5.13. The van der Waals surface area contributed by atoms with Crippen LogP contribution in [0.15, 0.2) is 29.8 Å². The molecule has 0 spiro atoms. The van der Waals surface area contributed by atoms with Crippen LogP contribution in [0.1, 0.15) is 31.0 Å². The van der Waals surface area contributed by atoms with E-state index in [0.717, 1.165) is 0 Å². The lowest BCUT2D eigenvalue weighted by molar-refractivity contribution is 0.705. The van der Waals surface area contributed by atoms with Crippen molar-refractivity contribution in [1.82, 2.24) is 5.32 Å². The highest BCUT2D eigenvalue weighted by Gasteiger charge is 2.10. The van der Waals surface area contributed by atoms with Gasteiger partial charge in [0.25, 0.3) is 0 Å². The van der Waals surface area contributed by atoms with Crippen molar-refractivity contribution in [2.75, 3.05) is 7.05 Å². The Labute approximate surface area is 106 Å². The Kier molecular flexibility index (Phi) is 4.80. The van der Waals surface area contributed by atoms with E-state index < -0.39 is 0 Å². The molecule has 1 N–H and O–H groups in total. The van der Waals surface area contributed by atoms with E-state index in [4.69, 9.17) is 0 Å². The number of aryl methyl sites for hydroxylation is 1. The van der Waals surface area contributed by atoms with Gasteiger partial charge in [0.2, 0.25) is 0 Å². The lowest BCUT2D eigenvalue weighted by Gasteiger charge is -2.16. The number of nitrogens with one attached hydrogen (secondary N) is 1. The molecule has 0 aliphatic carbocycles. The fourth-order valence-corrected chi connectivity index (χ4v) is 2.27. The van der Waals surface area contributed by atoms with Gasteiger partial charge in [0.05, 0.1) is 6.04 Å². The maximum Gasteiger partial charge on any atom is 0.0516 e. The first kappa shape index (κ1) is 12.7. The van der Waals surface area contributed by atoms with E-state index in [2.05, 4.69) is 73.0 Å². The molecular formula is C13H18IN. The number of halogens is 1. The molecule has 1 nitrogen and oxygen atoms in total. The summed E-state index contributed by atoms with van der Waals surface area (Å²) in [7, 11) is 2.00. The number of allylic oxidation sites excluding steroid dienone is 1. The Hall–Kier alpha value is -0.350. The van der Waals surface area contributed by atoms with Crippen molar-refractivity contribution < 1.29 is 0 Å². The van der Waals surface area contributed by atoms with Crippen LogP contribution in [0.5, 0.6) is 0 Å². The SMILES string of the molecule is CNC(C=C(C)C)c1cccc(C)c1I. The molecule has 0 bridgehead atoms. The third-order valence-corrected chi connectivity index (χ3v) is 3.84. The van der Waals surface area contributed by atoms with Gasteiger partial charge in [0.15, 0.2) is 0 Å². The second-order valence-corrected chi connectivity index (χ2v) is 5.07. The summed E-state index contributed by atoms with van der Waals surface area (Å²) in [6, 6.07) is 6.79. The smallest absolute Gasteiger partial charge is 0.0516 e. The largest absolute Gasteiger partial charge is 0.310 e. The minimum absolute atomic E-state index is 0.321. The highest BCUT2D eigenvalue weighted by molar-refractivity contribution is 14.1. The second kappa shape index (κ2) is 5.66. The summed E-state index contributed by atoms with van der Waals surface area (Å²) < 4.78 is 1.35. The maximum absolute atomic E-state index is 3.34. The Morgan fingerprint density at radius 3 is 2.60 bits per heavy atom. The molecule has 82 valence electrons. The molecule has 0 saturated carbocycles. The van der Waals surface area contributed by atoms with Gasteiger partial charge < -0.3 is 5.32 Å². The van der Waals surface area contributed by atoms with Crippen LogP contribution in [-0.2, 0) is 0 Å². The maximum atomic E-state index is 3.34. The molecule has 0 fully saturated rings. The van der Waals surface area contributed by atoms with Gasteiger partial charge >= 0.3 is 0 Å². The van der Waals surface area contributed by atoms with E-state index in [1.807, 2.05) is 7.05 Å². The zero-order valence-corrected chi connectivity index (χ0v) is 11.9. The average Bonchev–Trinajstić information content (AvgIpc) is 2.19. The van der Waals surface area contributed by atoms with Gasteiger partial charge in [-0.25, -0.2) is 0 Å². The standard InChI is InChI=1S/C13H18IN/c1-9(2)8-12(15-4)11-7-5-6-10(3)13(11)14/h5-8,12,15H,1-4H3. The summed E-state index contributed by atoms with van der Waals surface area (Å²) in [6.07, 6.45) is 2.26. The first-order chi connectivity index (χ1) is 7.06. The van der Waals surface area contributed by atoms with Crippen molar-refractivity contribution in [3.63, 3.8) is 0 Å². The summed E-state index contributed by atoms with van der Waals surface area (Å²) in [6.45, 7) is 6.42. The van der Waals surface area contributed by atoms with Crippen molar-refractivity contribution in [3.8, 4) is 0 Å². The predicted octanol–water partition coefficient (Wildman–Crippen LogP) is 3.83. The van der Waals surface area contributed by atoms with Crippen LogP contribution < -0.4 is 5.32 Å². The quantitative estimate of drug-likeness (QED) is 0.660. The third-order valence-electron chi connectivity index (χ3n) is 2.37. The Morgan fingerprint density at radius 2 is 2.07 bits per heavy atom. The fraction of sp³-hybridized carbons (Fsp3) is 0.385. The minimum atomic E-state index is 0.321. The van der Waals surface area contributed by atoms with Crippen LogP contribution in [0.25, 0.3) is 0 Å². The second-order valence-electron chi connectivity index (χ2n) is 3.99. The van der Waals surface area contributed by atoms with Crippen LogP contribution in [0, 0.1) is 10.5 Å². The molecule has 0 aliphatic heterocycles. The first-order valence-corrected chi connectivity index (χ1v) is 6.21. The van der Waals surface area contributed by atoms with Crippen LogP contribution in [0.4, 0.5) is 0 Å². The van der Waals surface area contributed by atoms with Gasteiger partial charge in [0.1, 0.15) is 0 Å². The number of hydrogen-bond acceptors (Lipinski definition) is 1. The van der Waals surface area contributed by atoms with Crippen LogP contribution in [0.2, 0.25) is 0 Å².